The lowest BCUT2D eigenvalue weighted by atomic mass is 10.0. The first-order valence-electron chi connectivity index (χ1n) is 10.0. The van der Waals surface area contributed by atoms with Crippen molar-refractivity contribution >= 4 is 10.0 Å². The molecule has 3 aromatic rings. The molecule has 1 aliphatic heterocycles. The van der Waals surface area contributed by atoms with E-state index in [0.717, 1.165) is 29.0 Å². The Morgan fingerprint density at radius 2 is 1.86 bits per heavy atom. The lowest BCUT2D eigenvalue weighted by Gasteiger charge is -2.22. The fourth-order valence-corrected chi connectivity index (χ4v) is 5.63. The summed E-state index contributed by atoms with van der Waals surface area (Å²) >= 11 is 0. The van der Waals surface area contributed by atoms with E-state index >= 15 is 0 Å². The van der Waals surface area contributed by atoms with Crippen molar-refractivity contribution in [1.29, 1.82) is 0 Å². The monoisotopic (exact) mass is 410 g/mol. The molecule has 1 unspecified atom stereocenters. The molecular formula is C23H26N2O3S. The molecule has 0 saturated carbocycles. The van der Waals surface area contributed by atoms with Crippen molar-refractivity contribution < 1.29 is 12.8 Å². The Labute approximate surface area is 172 Å². The topological polar surface area (TPSA) is 63.4 Å². The van der Waals surface area contributed by atoms with E-state index in [4.69, 9.17) is 9.40 Å². The van der Waals surface area contributed by atoms with Crippen molar-refractivity contribution in [3.8, 4) is 11.3 Å². The minimum Gasteiger partial charge on any atom is -0.443 e. The number of rotatable bonds is 5. The molecule has 2 aromatic carbocycles. The molecule has 0 bridgehead atoms. The van der Waals surface area contributed by atoms with Gasteiger partial charge in [-0.2, -0.15) is 4.31 Å². The average Bonchev–Trinajstić information content (AvgIpc) is 3.36. The smallest absolute Gasteiger partial charge is 0.243 e. The predicted octanol–water partition coefficient (Wildman–Crippen LogP) is 5.30. The van der Waals surface area contributed by atoms with E-state index in [0.29, 0.717) is 23.8 Å². The highest BCUT2D eigenvalue weighted by atomic mass is 32.2. The summed E-state index contributed by atoms with van der Waals surface area (Å²) in [5, 5.41) is 0. The van der Waals surface area contributed by atoms with Crippen LogP contribution < -0.4 is 0 Å². The number of hydrogen-bond donors (Lipinski definition) is 0. The maximum Gasteiger partial charge on any atom is 0.243 e. The van der Waals surface area contributed by atoms with Gasteiger partial charge in [0.25, 0.3) is 0 Å². The van der Waals surface area contributed by atoms with Gasteiger partial charge in [0, 0.05) is 18.0 Å². The van der Waals surface area contributed by atoms with E-state index in [9.17, 15) is 8.42 Å². The second-order valence-electron chi connectivity index (χ2n) is 7.88. The lowest BCUT2D eigenvalue weighted by molar-refractivity contribution is 0.317. The number of hydrogen-bond acceptors (Lipinski definition) is 4. The maximum absolute atomic E-state index is 13.3. The van der Waals surface area contributed by atoms with Gasteiger partial charge in [-0.3, -0.25) is 0 Å². The van der Waals surface area contributed by atoms with Crippen LogP contribution in [-0.4, -0.2) is 24.3 Å². The van der Waals surface area contributed by atoms with Crippen LogP contribution in [0.1, 0.15) is 55.9 Å². The fraction of sp³-hybridized carbons (Fsp3) is 0.348. The summed E-state index contributed by atoms with van der Waals surface area (Å²) in [4.78, 5) is 5.11. The second-order valence-corrected chi connectivity index (χ2v) is 9.77. The minimum atomic E-state index is -3.61. The van der Waals surface area contributed by atoms with Gasteiger partial charge in [-0.15, -0.1) is 0 Å². The van der Waals surface area contributed by atoms with E-state index in [1.165, 1.54) is 0 Å². The normalized spacial score (nSPS) is 17.9. The highest BCUT2D eigenvalue weighted by molar-refractivity contribution is 7.89. The van der Waals surface area contributed by atoms with Gasteiger partial charge in [0.05, 0.1) is 4.90 Å². The van der Waals surface area contributed by atoms with Gasteiger partial charge in [0.15, 0.2) is 0 Å². The third kappa shape index (κ3) is 3.74. The fourth-order valence-electron chi connectivity index (χ4n) is 3.87. The molecule has 1 saturated heterocycles. The molecule has 29 heavy (non-hydrogen) atoms. The van der Waals surface area contributed by atoms with Gasteiger partial charge in [-0.25, -0.2) is 13.4 Å². The van der Waals surface area contributed by atoms with Crippen LogP contribution in [0.5, 0.6) is 0 Å². The van der Waals surface area contributed by atoms with Gasteiger partial charge in [0.2, 0.25) is 15.9 Å². The van der Waals surface area contributed by atoms with Crippen molar-refractivity contribution in [3.05, 3.63) is 71.8 Å². The molecule has 1 atom stereocenters. The predicted molar refractivity (Wildman–Crippen MR) is 113 cm³/mol. The Kier molecular flexibility index (Phi) is 5.32. The molecule has 1 fully saturated rings. The first-order valence-corrected chi connectivity index (χ1v) is 11.5. The molecule has 1 aliphatic rings. The van der Waals surface area contributed by atoms with E-state index in [2.05, 4.69) is 13.8 Å². The summed E-state index contributed by atoms with van der Waals surface area (Å²) < 4.78 is 34.4. The quantitative estimate of drug-likeness (QED) is 0.573. The Balaban J connectivity index is 1.75. The third-order valence-electron chi connectivity index (χ3n) is 5.33. The number of aryl methyl sites for hydroxylation is 1. The SMILES string of the molecule is Cc1cccc(S(=O)(=O)N2CCCC2c2nc(-c3ccccc3)c(C(C)C)o2)c1. The number of nitrogens with zero attached hydrogens (tertiary/aromatic N) is 2. The highest BCUT2D eigenvalue weighted by Crippen LogP contribution is 2.39. The third-order valence-corrected chi connectivity index (χ3v) is 7.23. The molecule has 2 heterocycles. The van der Waals surface area contributed by atoms with Crippen LogP contribution in [0.3, 0.4) is 0 Å². The number of benzene rings is 2. The summed E-state index contributed by atoms with van der Waals surface area (Å²) in [6, 6.07) is 16.6. The zero-order valence-electron chi connectivity index (χ0n) is 17.0. The zero-order chi connectivity index (χ0) is 20.6. The summed E-state index contributed by atoms with van der Waals surface area (Å²) in [7, 11) is -3.61. The van der Waals surface area contributed by atoms with Crippen LogP contribution in [-0.2, 0) is 10.0 Å². The number of aromatic nitrogens is 1. The molecule has 0 N–H and O–H groups in total. The van der Waals surface area contributed by atoms with E-state index in [-0.39, 0.29) is 12.0 Å². The minimum absolute atomic E-state index is 0.148. The van der Waals surface area contributed by atoms with E-state index < -0.39 is 10.0 Å². The van der Waals surface area contributed by atoms with Crippen LogP contribution in [0.15, 0.2) is 63.9 Å². The van der Waals surface area contributed by atoms with Gasteiger partial charge in [-0.05, 0) is 37.5 Å². The van der Waals surface area contributed by atoms with Crippen LogP contribution in [0.4, 0.5) is 0 Å². The van der Waals surface area contributed by atoms with Crippen molar-refractivity contribution in [2.24, 2.45) is 0 Å². The summed E-state index contributed by atoms with van der Waals surface area (Å²) in [6.45, 7) is 6.50. The number of sulfonamides is 1. The van der Waals surface area contributed by atoms with Crippen LogP contribution in [0, 0.1) is 6.92 Å². The van der Waals surface area contributed by atoms with Crippen molar-refractivity contribution in [1.82, 2.24) is 9.29 Å². The van der Waals surface area contributed by atoms with Crippen molar-refractivity contribution in [2.75, 3.05) is 6.54 Å². The molecule has 152 valence electrons. The first-order chi connectivity index (χ1) is 13.9. The Hall–Kier alpha value is -2.44. The standard InChI is InChI=1S/C23H26N2O3S/c1-16(2)22-21(18-10-5-4-6-11-18)24-23(28-22)20-13-8-14-25(20)29(26,27)19-12-7-9-17(3)15-19/h4-7,9-12,15-16,20H,8,13-14H2,1-3H3. The second kappa shape index (κ2) is 7.76. The molecule has 0 radical (unpaired) electrons. The maximum atomic E-state index is 13.3. The average molecular weight is 411 g/mol. The summed E-state index contributed by atoms with van der Waals surface area (Å²) in [5.41, 5.74) is 2.71. The van der Waals surface area contributed by atoms with Gasteiger partial charge in [0.1, 0.15) is 17.5 Å². The molecule has 1 aromatic heterocycles. The van der Waals surface area contributed by atoms with Crippen LogP contribution in [0.2, 0.25) is 0 Å². The zero-order valence-corrected chi connectivity index (χ0v) is 17.8. The highest BCUT2D eigenvalue weighted by Gasteiger charge is 2.39. The molecule has 4 rings (SSSR count). The summed E-state index contributed by atoms with van der Waals surface area (Å²) in [5.74, 6) is 1.43. The molecule has 6 heteroatoms. The first kappa shape index (κ1) is 19.9. The Morgan fingerprint density at radius 1 is 1.10 bits per heavy atom. The Bertz CT molecular complexity index is 1100. The molecular weight excluding hydrogens is 384 g/mol. The van der Waals surface area contributed by atoms with E-state index in [1.807, 2.05) is 43.3 Å². The van der Waals surface area contributed by atoms with E-state index in [1.54, 1.807) is 22.5 Å². The van der Waals surface area contributed by atoms with Gasteiger partial charge in [-0.1, -0.05) is 56.3 Å². The number of oxazole rings is 1. The van der Waals surface area contributed by atoms with Crippen LogP contribution in [0.25, 0.3) is 11.3 Å². The largest absolute Gasteiger partial charge is 0.443 e. The molecule has 0 amide bonds. The lowest BCUT2D eigenvalue weighted by Crippen LogP contribution is -2.30. The molecule has 0 aliphatic carbocycles. The van der Waals surface area contributed by atoms with Crippen LogP contribution >= 0.6 is 0 Å². The Morgan fingerprint density at radius 3 is 2.55 bits per heavy atom. The van der Waals surface area contributed by atoms with Gasteiger partial charge >= 0.3 is 0 Å². The van der Waals surface area contributed by atoms with Crippen molar-refractivity contribution in [3.63, 3.8) is 0 Å². The molecule has 5 nitrogen and oxygen atoms in total. The van der Waals surface area contributed by atoms with Gasteiger partial charge < -0.3 is 4.42 Å². The van der Waals surface area contributed by atoms with Crippen molar-refractivity contribution in [2.45, 2.75) is 50.5 Å². The molecule has 0 spiro atoms. The summed E-state index contributed by atoms with van der Waals surface area (Å²) in [6.07, 6.45) is 1.49.